The molecule has 1 nitrogen and oxygen atoms in total. The zero-order valence-corrected chi connectivity index (χ0v) is 12.8. The number of benzene rings is 1. The molecule has 105 valence electrons. The molecule has 0 spiro atoms. The summed E-state index contributed by atoms with van der Waals surface area (Å²) in [7, 11) is 0. The van der Waals surface area contributed by atoms with Crippen molar-refractivity contribution in [3.63, 3.8) is 0 Å². The summed E-state index contributed by atoms with van der Waals surface area (Å²) in [5, 5.41) is 0. The average Bonchev–Trinajstić information content (AvgIpc) is 2.40. The summed E-state index contributed by atoms with van der Waals surface area (Å²) in [6, 6.07) is 10.6. The summed E-state index contributed by atoms with van der Waals surface area (Å²) in [6.45, 7) is 9.37. The number of rotatable bonds is 5. The molecule has 0 amide bonds. The molecule has 1 unspecified atom stereocenters. The smallest absolute Gasteiger partial charge is 0.0239 e. The van der Waals surface area contributed by atoms with E-state index >= 15 is 0 Å². The van der Waals surface area contributed by atoms with E-state index in [2.05, 4.69) is 49.9 Å². The first-order valence-electron chi connectivity index (χ1n) is 7.88. The summed E-state index contributed by atoms with van der Waals surface area (Å²) >= 11 is 0. The molecule has 1 fully saturated rings. The van der Waals surface area contributed by atoms with Gasteiger partial charge < -0.3 is 0 Å². The highest BCUT2D eigenvalue weighted by molar-refractivity contribution is 5.26. The van der Waals surface area contributed by atoms with Gasteiger partial charge in [0.15, 0.2) is 0 Å². The van der Waals surface area contributed by atoms with E-state index in [1.54, 1.807) is 0 Å². The Bertz CT molecular complexity index is 383. The fourth-order valence-electron chi connectivity index (χ4n) is 2.94. The third-order valence-electron chi connectivity index (χ3n) is 4.36. The molecule has 0 saturated carbocycles. The van der Waals surface area contributed by atoms with Gasteiger partial charge in [0, 0.05) is 12.6 Å². The van der Waals surface area contributed by atoms with Gasteiger partial charge in [-0.2, -0.15) is 0 Å². The minimum absolute atomic E-state index is 0.743. The first-order chi connectivity index (χ1) is 9.16. The molecule has 1 heteroatoms. The Balaban J connectivity index is 2.02. The maximum absolute atomic E-state index is 3.27. The minimum Gasteiger partial charge on any atom is -0.296 e. The predicted octanol–water partition coefficient (Wildman–Crippen LogP) is 4.45. The summed E-state index contributed by atoms with van der Waals surface area (Å²) in [5.41, 5.74) is 3.03. The van der Waals surface area contributed by atoms with E-state index in [-0.39, 0.29) is 0 Å². The first kappa shape index (κ1) is 14.6. The molecule has 1 aromatic rings. The van der Waals surface area contributed by atoms with Gasteiger partial charge in [0.05, 0.1) is 0 Å². The van der Waals surface area contributed by atoms with Gasteiger partial charge in [0.25, 0.3) is 0 Å². The van der Waals surface area contributed by atoms with Crippen LogP contribution in [0.4, 0.5) is 0 Å². The molecule has 0 aromatic heterocycles. The van der Waals surface area contributed by atoms with Crippen molar-refractivity contribution < 1.29 is 0 Å². The highest BCUT2D eigenvalue weighted by Gasteiger charge is 2.19. The summed E-state index contributed by atoms with van der Waals surface area (Å²) in [5.74, 6) is 0.783. The van der Waals surface area contributed by atoms with Crippen molar-refractivity contribution in [1.29, 1.82) is 0 Å². The lowest BCUT2D eigenvalue weighted by molar-refractivity contribution is 0.152. The van der Waals surface area contributed by atoms with Gasteiger partial charge in [-0.15, -0.1) is 0 Å². The predicted molar refractivity (Wildman–Crippen MR) is 82.2 cm³/mol. The van der Waals surface area contributed by atoms with Crippen LogP contribution in [0.5, 0.6) is 0 Å². The SMILES string of the molecule is CC(C)CCc1cc[c]cc1CN1CCCCC1C. The van der Waals surface area contributed by atoms with Crippen LogP contribution < -0.4 is 0 Å². The Labute approximate surface area is 119 Å². The highest BCUT2D eigenvalue weighted by Crippen LogP contribution is 2.21. The molecule has 0 aliphatic carbocycles. The van der Waals surface area contributed by atoms with Crippen LogP contribution in [0.1, 0.15) is 57.6 Å². The Morgan fingerprint density at radius 1 is 1.32 bits per heavy atom. The van der Waals surface area contributed by atoms with Gasteiger partial charge in [0.2, 0.25) is 0 Å². The Hall–Kier alpha value is -0.820. The van der Waals surface area contributed by atoms with Gasteiger partial charge in [-0.25, -0.2) is 0 Å². The van der Waals surface area contributed by atoms with Gasteiger partial charge in [-0.3, -0.25) is 4.90 Å². The van der Waals surface area contributed by atoms with Crippen LogP contribution >= 0.6 is 0 Å². The van der Waals surface area contributed by atoms with Crippen LogP contribution in [0.2, 0.25) is 0 Å². The van der Waals surface area contributed by atoms with Crippen molar-refractivity contribution in [2.45, 2.75) is 65.5 Å². The molecular weight excluding hydrogens is 230 g/mol. The molecule has 1 radical (unpaired) electrons. The lowest BCUT2D eigenvalue weighted by Gasteiger charge is -2.33. The second-order valence-corrected chi connectivity index (χ2v) is 6.44. The van der Waals surface area contributed by atoms with Crippen LogP contribution in [0.15, 0.2) is 18.2 Å². The lowest BCUT2D eigenvalue weighted by atomic mass is 9.96. The number of piperidine rings is 1. The maximum Gasteiger partial charge on any atom is 0.0239 e. The molecule has 0 bridgehead atoms. The molecule has 1 aromatic carbocycles. The Kier molecular flexibility index (Phi) is 5.45. The maximum atomic E-state index is 3.27. The van der Waals surface area contributed by atoms with Crippen LogP contribution in [-0.2, 0) is 13.0 Å². The van der Waals surface area contributed by atoms with Gasteiger partial charge >= 0.3 is 0 Å². The number of nitrogens with zero attached hydrogens (tertiary/aromatic N) is 1. The van der Waals surface area contributed by atoms with Crippen molar-refractivity contribution in [3.8, 4) is 0 Å². The monoisotopic (exact) mass is 258 g/mol. The summed E-state index contributed by atoms with van der Waals surface area (Å²) in [6.07, 6.45) is 6.62. The molecule has 1 atom stereocenters. The summed E-state index contributed by atoms with van der Waals surface area (Å²) < 4.78 is 0. The van der Waals surface area contributed by atoms with E-state index in [1.807, 2.05) is 0 Å². The van der Waals surface area contributed by atoms with Crippen molar-refractivity contribution in [2.24, 2.45) is 5.92 Å². The number of hydrogen-bond donors (Lipinski definition) is 0. The number of likely N-dealkylation sites (tertiary alicyclic amines) is 1. The fourth-order valence-corrected chi connectivity index (χ4v) is 2.94. The molecule has 1 aliphatic heterocycles. The average molecular weight is 258 g/mol. The van der Waals surface area contributed by atoms with Crippen LogP contribution in [0.25, 0.3) is 0 Å². The van der Waals surface area contributed by atoms with Crippen molar-refractivity contribution in [2.75, 3.05) is 6.54 Å². The van der Waals surface area contributed by atoms with Crippen molar-refractivity contribution in [3.05, 3.63) is 35.4 Å². The largest absolute Gasteiger partial charge is 0.296 e. The molecule has 19 heavy (non-hydrogen) atoms. The highest BCUT2D eigenvalue weighted by atomic mass is 15.2. The fraction of sp³-hybridized carbons (Fsp3) is 0.667. The van der Waals surface area contributed by atoms with Crippen LogP contribution in [-0.4, -0.2) is 17.5 Å². The van der Waals surface area contributed by atoms with Gasteiger partial charge in [0.1, 0.15) is 0 Å². The van der Waals surface area contributed by atoms with Crippen LogP contribution in [0.3, 0.4) is 0 Å². The number of aryl methyl sites for hydroxylation is 1. The zero-order valence-electron chi connectivity index (χ0n) is 12.8. The van der Waals surface area contributed by atoms with Crippen molar-refractivity contribution in [1.82, 2.24) is 4.90 Å². The van der Waals surface area contributed by atoms with E-state index in [4.69, 9.17) is 0 Å². The Morgan fingerprint density at radius 3 is 2.89 bits per heavy atom. The molecule has 1 aliphatic rings. The normalized spacial score (nSPS) is 20.9. The van der Waals surface area contributed by atoms with Crippen molar-refractivity contribution >= 4 is 0 Å². The van der Waals surface area contributed by atoms with E-state index in [9.17, 15) is 0 Å². The quantitative estimate of drug-likeness (QED) is 0.754. The van der Waals surface area contributed by atoms with Gasteiger partial charge in [-0.1, -0.05) is 32.4 Å². The molecule has 1 heterocycles. The topological polar surface area (TPSA) is 3.24 Å². The standard InChI is InChI=1S/C18H28N/c1-15(2)11-12-17-9-4-5-10-18(17)14-19-13-7-6-8-16(19)3/h4,9-10,15-16H,6-8,11-14H2,1-3H3. The van der Waals surface area contributed by atoms with Gasteiger partial charge in [-0.05, 0) is 68.3 Å². The third-order valence-corrected chi connectivity index (χ3v) is 4.36. The third kappa shape index (κ3) is 4.35. The lowest BCUT2D eigenvalue weighted by Crippen LogP contribution is -2.37. The molecule has 1 saturated heterocycles. The molecule has 2 rings (SSSR count). The second-order valence-electron chi connectivity index (χ2n) is 6.44. The van der Waals surface area contributed by atoms with E-state index in [0.717, 1.165) is 18.5 Å². The van der Waals surface area contributed by atoms with E-state index in [0.29, 0.717) is 0 Å². The first-order valence-corrected chi connectivity index (χ1v) is 7.88. The minimum atomic E-state index is 0.743. The molecular formula is C18H28N. The molecule has 0 N–H and O–H groups in total. The number of hydrogen-bond acceptors (Lipinski definition) is 1. The zero-order chi connectivity index (χ0) is 13.7. The van der Waals surface area contributed by atoms with E-state index in [1.165, 1.54) is 49.8 Å². The Morgan fingerprint density at radius 2 is 2.16 bits per heavy atom. The van der Waals surface area contributed by atoms with E-state index < -0.39 is 0 Å². The van der Waals surface area contributed by atoms with Crippen LogP contribution in [0, 0.1) is 12.0 Å². The summed E-state index contributed by atoms with van der Waals surface area (Å²) in [4.78, 5) is 2.64. The second kappa shape index (κ2) is 7.09.